The molecule has 0 saturated carbocycles. The maximum Gasteiger partial charge on any atom is 0.198 e. The molecule has 0 atom stereocenters. The topological polar surface area (TPSA) is 47.1 Å². The van der Waals surface area contributed by atoms with Crippen LogP contribution in [0, 0.1) is 11.8 Å². The van der Waals surface area contributed by atoms with Crippen molar-refractivity contribution >= 4 is 11.8 Å². The highest BCUT2D eigenvalue weighted by molar-refractivity contribution is 7.99. The van der Waals surface area contributed by atoms with E-state index in [2.05, 4.69) is 33.9 Å². The van der Waals surface area contributed by atoms with E-state index < -0.39 is 0 Å². The summed E-state index contributed by atoms with van der Waals surface area (Å²) in [6.45, 7) is 4.62. The van der Waals surface area contributed by atoms with Gasteiger partial charge in [-0.1, -0.05) is 37.0 Å². The quantitative estimate of drug-likeness (QED) is 0.595. The van der Waals surface area contributed by atoms with Crippen LogP contribution in [-0.2, 0) is 13.6 Å². The van der Waals surface area contributed by atoms with E-state index in [1.54, 1.807) is 6.33 Å². The first-order chi connectivity index (χ1) is 12.7. The predicted octanol–water partition coefficient (Wildman–Crippen LogP) is 3.82. The molecule has 5 nitrogen and oxygen atoms in total. The lowest BCUT2D eigenvalue weighted by Gasteiger charge is -2.17. The van der Waals surface area contributed by atoms with Crippen LogP contribution in [0.5, 0.6) is 0 Å². The fourth-order valence-electron chi connectivity index (χ4n) is 2.48. The second kappa shape index (κ2) is 9.27. The van der Waals surface area contributed by atoms with Crippen molar-refractivity contribution in [2.24, 2.45) is 7.05 Å². The average molecular weight is 366 g/mol. The molecule has 0 bridgehead atoms. The molecule has 0 spiro atoms. The predicted molar refractivity (Wildman–Crippen MR) is 103 cm³/mol. The van der Waals surface area contributed by atoms with Crippen LogP contribution in [0.4, 0.5) is 0 Å². The summed E-state index contributed by atoms with van der Waals surface area (Å²) in [5.74, 6) is 7.42. The van der Waals surface area contributed by atoms with Crippen LogP contribution in [0.2, 0.25) is 0 Å². The zero-order valence-electron chi connectivity index (χ0n) is 15.1. The highest BCUT2D eigenvalue weighted by Gasteiger charge is 2.11. The largest absolute Gasteiger partial charge is 0.453 e. The Morgan fingerprint density at radius 3 is 2.77 bits per heavy atom. The molecule has 0 N–H and O–H groups in total. The van der Waals surface area contributed by atoms with Gasteiger partial charge in [-0.2, -0.15) is 0 Å². The Hall–Kier alpha value is -2.49. The lowest BCUT2D eigenvalue weighted by Crippen LogP contribution is -2.24. The molecule has 2 aromatic heterocycles. The van der Waals surface area contributed by atoms with Gasteiger partial charge in [-0.05, 0) is 49.0 Å². The fourth-order valence-corrected chi connectivity index (χ4v) is 3.22. The number of aryl methyl sites for hydroxylation is 1. The van der Waals surface area contributed by atoms with Gasteiger partial charge in [-0.15, -0.1) is 10.2 Å². The first kappa shape index (κ1) is 18.3. The number of nitrogens with zero attached hydrogens (tertiary/aromatic N) is 4. The Bertz CT molecular complexity index is 876. The minimum absolute atomic E-state index is 0.717. The van der Waals surface area contributed by atoms with Crippen LogP contribution in [0.3, 0.4) is 0 Å². The Labute approximate surface area is 158 Å². The van der Waals surface area contributed by atoms with Gasteiger partial charge in [0.05, 0.1) is 13.1 Å². The number of aromatic nitrogens is 3. The summed E-state index contributed by atoms with van der Waals surface area (Å²) in [6, 6.07) is 14.1. The molecule has 2 heterocycles. The first-order valence-electron chi connectivity index (χ1n) is 8.61. The van der Waals surface area contributed by atoms with E-state index in [0.29, 0.717) is 0 Å². The SMILES string of the molecule is CCCN(CC#Cc1ccccc1)Cc1ccc(Sc2nncn2C)o1. The van der Waals surface area contributed by atoms with Crippen molar-refractivity contribution in [3.63, 3.8) is 0 Å². The molecule has 1 aromatic carbocycles. The molecule has 0 fully saturated rings. The van der Waals surface area contributed by atoms with E-state index in [1.807, 2.05) is 54.1 Å². The lowest BCUT2D eigenvalue weighted by atomic mass is 10.2. The van der Waals surface area contributed by atoms with Crippen LogP contribution in [0.25, 0.3) is 0 Å². The van der Waals surface area contributed by atoms with E-state index in [0.717, 1.165) is 47.6 Å². The minimum Gasteiger partial charge on any atom is -0.453 e. The summed E-state index contributed by atoms with van der Waals surface area (Å²) in [4.78, 5) is 2.30. The molecule has 0 aliphatic heterocycles. The summed E-state index contributed by atoms with van der Waals surface area (Å²) in [5, 5.41) is 9.58. The van der Waals surface area contributed by atoms with Crippen molar-refractivity contribution < 1.29 is 4.42 Å². The zero-order chi connectivity index (χ0) is 18.2. The molecule has 0 aliphatic rings. The van der Waals surface area contributed by atoms with E-state index in [4.69, 9.17) is 4.42 Å². The molecule has 3 aromatic rings. The van der Waals surface area contributed by atoms with E-state index in [-0.39, 0.29) is 0 Å². The van der Waals surface area contributed by atoms with Gasteiger partial charge in [0.25, 0.3) is 0 Å². The molecule has 0 amide bonds. The second-order valence-electron chi connectivity index (χ2n) is 5.93. The highest BCUT2D eigenvalue weighted by Crippen LogP contribution is 2.27. The molecule has 0 radical (unpaired) electrons. The summed E-state index contributed by atoms with van der Waals surface area (Å²) in [5.41, 5.74) is 1.05. The Kier molecular flexibility index (Phi) is 6.53. The smallest absolute Gasteiger partial charge is 0.198 e. The van der Waals surface area contributed by atoms with Gasteiger partial charge < -0.3 is 8.98 Å². The van der Waals surface area contributed by atoms with Crippen LogP contribution >= 0.6 is 11.8 Å². The summed E-state index contributed by atoms with van der Waals surface area (Å²) in [6.07, 6.45) is 2.76. The third-order valence-electron chi connectivity index (χ3n) is 3.73. The second-order valence-corrected chi connectivity index (χ2v) is 6.90. The van der Waals surface area contributed by atoms with E-state index in [1.165, 1.54) is 11.8 Å². The number of benzene rings is 1. The standard InChI is InChI=1S/C20H22N4OS/c1-3-13-24(14-7-10-17-8-5-4-6-9-17)15-18-11-12-19(25-18)26-20-22-21-16-23(20)2/h4-6,8-9,11-12,16H,3,13-15H2,1-2H3. The summed E-state index contributed by atoms with van der Waals surface area (Å²) in [7, 11) is 1.92. The van der Waals surface area contributed by atoms with E-state index in [9.17, 15) is 0 Å². The molecule has 3 rings (SSSR count). The van der Waals surface area contributed by atoms with Gasteiger partial charge in [-0.25, -0.2) is 0 Å². The number of hydrogen-bond acceptors (Lipinski definition) is 5. The molecular formula is C20H22N4OS. The zero-order valence-corrected chi connectivity index (χ0v) is 15.9. The van der Waals surface area contributed by atoms with Gasteiger partial charge in [-0.3, -0.25) is 4.90 Å². The third-order valence-corrected chi connectivity index (χ3v) is 4.70. The maximum atomic E-state index is 5.95. The van der Waals surface area contributed by atoms with Crippen molar-refractivity contribution in [3.8, 4) is 11.8 Å². The molecular weight excluding hydrogens is 344 g/mol. The number of rotatable bonds is 7. The van der Waals surface area contributed by atoms with Crippen LogP contribution in [0.15, 0.2) is 63.5 Å². The van der Waals surface area contributed by atoms with Gasteiger partial charge in [0, 0.05) is 12.6 Å². The number of hydrogen-bond donors (Lipinski definition) is 0. The van der Waals surface area contributed by atoms with Crippen molar-refractivity contribution in [2.75, 3.05) is 13.1 Å². The van der Waals surface area contributed by atoms with Crippen LogP contribution < -0.4 is 0 Å². The third kappa shape index (κ3) is 5.25. The first-order valence-corrected chi connectivity index (χ1v) is 9.43. The summed E-state index contributed by atoms with van der Waals surface area (Å²) < 4.78 is 7.82. The maximum absolute atomic E-state index is 5.95. The molecule has 0 unspecified atom stereocenters. The van der Waals surface area contributed by atoms with E-state index >= 15 is 0 Å². The summed E-state index contributed by atoms with van der Waals surface area (Å²) >= 11 is 1.47. The minimum atomic E-state index is 0.717. The Morgan fingerprint density at radius 1 is 1.19 bits per heavy atom. The highest BCUT2D eigenvalue weighted by atomic mass is 32.2. The van der Waals surface area contributed by atoms with Crippen molar-refractivity contribution in [1.82, 2.24) is 19.7 Å². The Morgan fingerprint density at radius 2 is 2.04 bits per heavy atom. The van der Waals surface area contributed by atoms with Gasteiger partial charge in [0.1, 0.15) is 12.1 Å². The molecule has 26 heavy (non-hydrogen) atoms. The van der Waals surface area contributed by atoms with Gasteiger partial charge >= 0.3 is 0 Å². The molecule has 134 valence electrons. The fraction of sp³-hybridized carbons (Fsp3) is 0.300. The molecule has 0 saturated heterocycles. The normalized spacial score (nSPS) is 10.7. The number of furan rings is 1. The monoisotopic (exact) mass is 366 g/mol. The Balaban J connectivity index is 1.59. The van der Waals surface area contributed by atoms with Crippen LogP contribution in [0.1, 0.15) is 24.7 Å². The van der Waals surface area contributed by atoms with Gasteiger partial charge in [0.2, 0.25) is 0 Å². The van der Waals surface area contributed by atoms with Crippen molar-refractivity contribution in [1.29, 1.82) is 0 Å². The van der Waals surface area contributed by atoms with Gasteiger partial charge in [0.15, 0.2) is 10.2 Å². The molecule has 6 heteroatoms. The van der Waals surface area contributed by atoms with Crippen molar-refractivity contribution in [2.45, 2.75) is 30.1 Å². The average Bonchev–Trinajstić information content (AvgIpc) is 3.26. The molecule has 0 aliphatic carbocycles. The lowest BCUT2D eigenvalue weighted by molar-refractivity contribution is 0.263. The van der Waals surface area contributed by atoms with Crippen molar-refractivity contribution in [3.05, 3.63) is 60.1 Å². The van der Waals surface area contributed by atoms with Crippen LogP contribution in [-0.4, -0.2) is 32.8 Å².